The minimum atomic E-state index is -0.122. The lowest BCUT2D eigenvalue weighted by Crippen LogP contribution is -2.13. The number of ketones is 2. The van der Waals surface area contributed by atoms with Gasteiger partial charge in [-0.15, -0.1) is 0 Å². The molecule has 0 aliphatic heterocycles. The lowest BCUT2D eigenvalue weighted by atomic mass is 9.96. The van der Waals surface area contributed by atoms with Crippen LogP contribution in [0.5, 0.6) is 0 Å². The van der Waals surface area contributed by atoms with Gasteiger partial charge in [0.05, 0.1) is 4.91 Å². The number of benzene rings is 1. The molecule has 4 heteroatoms. The quantitative estimate of drug-likeness (QED) is 0.787. The second-order valence-electron chi connectivity index (χ2n) is 5.13. The Morgan fingerprint density at radius 1 is 0.826 bits per heavy atom. The molecule has 1 aliphatic carbocycles. The van der Waals surface area contributed by atoms with Crippen molar-refractivity contribution in [2.24, 2.45) is 0 Å². The molecule has 1 aliphatic rings. The van der Waals surface area contributed by atoms with Gasteiger partial charge in [-0.25, -0.2) is 4.98 Å². The van der Waals surface area contributed by atoms with Crippen molar-refractivity contribution >= 4 is 23.3 Å². The van der Waals surface area contributed by atoms with Crippen LogP contribution in [-0.2, 0) is 16.0 Å². The molecule has 23 heavy (non-hydrogen) atoms. The van der Waals surface area contributed by atoms with Crippen molar-refractivity contribution in [2.45, 2.75) is 17.9 Å². The predicted molar refractivity (Wildman–Crippen MR) is 91.0 cm³/mol. The van der Waals surface area contributed by atoms with Gasteiger partial charge in [0.2, 0.25) is 0 Å². The van der Waals surface area contributed by atoms with Crippen molar-refractivity contribution in [1.29, 1.82) is 0 Å². The van der Waals surface area contributed by atoms with Crippen LogP contribution in [0.3, 0.4) is 0 Å². The molecule has 0 unspecified atom stereocenters. The molecule has 0 spiro atoms. The smallest absolute Gasteiger partial charge is 0.193 e. The van der Waals surface area contributed by atoms with Crippen molar-refractivity contribution < 1.29 is 9.59 Å². The maximum Gasteiger partial charge on any atom is 0.193 e. The topological polar surface area (TPSA) is 47.0 Å². The first-order valence-corrected chi connectivity index (χ1v) is 8.18. The first kappa shape index (κ1) is 15.4. The highest BCUT2D eigenvalue weighted by molar-refractivity contribution is 8.04. The molecule has 2 aromatic rings. The normalized spacial score (nSPS) is 14.4. The van der Waals surface area contributed by atoms with Crippen LogP contribution in [0.15, 0.2) is 82.4 Å². The van der Waals surface area contributed by atoms with E-state index < -0.39 is 0 Å². The number of carbonyl (C=O) groups is 2. The number of rotatable bonds is 5. The Morgan fingerprint density at radius 2 is 1.57 bits per heavy atom. The summed E-state index contributed by atoms with van der Waals surface area (Å²) in [5.74, 6) is -0.206. The van der Waals surface area contributed by atoms with Gasteiger partial charge < -0.3 is 0 Å². The largest absolute Gasteiger partial charge is 0.290 e. The maximum atomic E-state index is 12.2. The zero-order valence-corrected chi connectivity index (χ0v) is 13.3. The van der Waals surface area contributed by atoms with E-state index in [9.17, 15) is 9.59 Å². The molecule has 0 bridgehead atoms. The van der Waals surface area contributed by atoms with Gasteiger partial charge in [0, 0.05) is 11.8 Å². The van der Waals surface area contributed by atoms with E-state index in [2.05, 4.69) is 4.98 Å². The van der Waals surface area contributed by atoms with Crippen molar-refractivity contribution in [3.63, 3.8) is 0 Å². The highest BCUT2D eigenvalue weighted by Gasteiger charge is 2.23. The molecule has 114 valence electrons. The van der Waals surface area contributed by atoms with E-state index in [-0.39, 0.29) is 11.6 Å². The minimum Gasteiger partial charge on any atom is -0.290 e. The third-order valence-corrected chi connectivity index (χ3v) is 4.63. The molecular formula is C19H15NO2S. The fourth-order valence-electron chi connectivity index (χ4n) is 2.36. The van der Waals surface area contributed by atoms with Gasteiger partial charge in [-0.05, 0) is 42.7 Å². The summed E-state index contributed by atoms with van der Waals surface area (Å²) in [6, 6.07) is 15.5. The predicted octanol–water partition coefficient (Wildman–Crippen LogP) is 3.77. The Morgan fingerprint density at radius 3 is 2.30 bits per heavy atom. The average Bonchev–Trinajstić information content (AvgIpc) is 2.59. The average molecular weight is 321 g/mol. The monoisotopic (exact) mass is 321 g/mol. The summed E-state index contributed by atoms with van der Waals surface area (Å²) in [5, 5.41) is 0.719. The van der Waals surface area contributed by atoms with Gasteiger partial charge in [0.25, 0.3) is 0 Å². The van der Waals surface area contributed by atoms with Crippen LogP contribution in [0.2, 0.25) is 0 Å². The molecule has 1 heterocycles. The van der Waals surface area contributed by atoms with Crippen molar-refractivity contribution in [1.82, 2.24) is 4.98 Å². The van der Waals surface area contributed by atoms with Gasteiger partial charge in [0.15, 0.2) is 11.6 Å². The fourth-order valence-corrected chi connectivity index (χ4v) is 3.33. The van der Waals surface area contributed by atoms with Gasteiger partial charge in [-0.1, -0.05) is 48.2 Å². The third-order valence-electron chi connectivity index (χ3n) is 3.53. The Labute approximate surface area is 139 Å². The van der Waals surface area contributed by atoms with E-state index in [1.54, 1.807) is 6.20 Å². The Bertz CT molecular complexity index is 780. The lowest BCUT2D eigenvalue weighted by Gasteiger charge is -2.14. The van der Waals surface area contributed by atoms with E-state index in [1.165, 1.54) is 23.9 Å². The van der Waals surface area contributed by atoms with E-state index in [1.807, 2.05) is 48.5 Å². The molecule has 1 aromatic carbocycles. The number of aromatic nitrogens is 1. The van der Waals surface area contributed by atoms with Crippen LogP contribution in [0, 0.1) is 0 Å². The summed E-state index contributed by atoms with van der Waals surface area (Å²) in [5.41, 5.74) is 1.73. The SMILES string of the molecule is O=C1C=CC(=O)C(Sc2ccccn2)=C1CCc1ccccc1. The maximum absolute atomic E-state index is 12.2. The molecule has 0 saturated carbocycles. The fraction of sp³-hybridized carbons (Fsp3) is 0.105. The lowest BCUT2D eigenvalue weighted by molar-refractivity contribution is -0.114. The van der Waals surface area contributed by atoms with Crippen molar-refractivity contribution in [2.75, 3.05) is 0 Å². The summed E-state index contributed by atoms with van der Waals surface area (Å²) in [6.07, 6.45) is 5.67. The van der Waals surface area contributed by atoms with Gasteiger partial charge in [0.1, 0.15) is 5.03 Å². The Hall–Kier alpha value is -2.46. The van der Waals surface area contributed by atoms with Gasteiger partial charge in [-0.3, -0.25) is 9.59 Å². The van der Waals surface area contributed by atoms with Crippen LogP contribution < -0.4 is 0 Å². The number of carbonyl (C=O) groups excluding carboxylic acids is 2. The molecule has 1 aromatic heterocycles. The minimum absolute atomic E-state index is 0.0843. The Balaban J connectivity index is 1.85. The second kappa shape index (κ2) is 7.20. The van der Waals surface area contributed by atoms with E-state index in [4.69, 9.17) is 0 Å². The molecule has 0 N–H and O–H groups in total. The molecule has 0 radical (unpaired) electrons. The van der Waals surface area contributed by atoms with Crippen molar-refractivity contribution in [3.05, 3.63) is 82.9 Å². The highest BCUT2D eigenvalue weighted by Crippen LogP contribution is 2.32. The van der Waals surface area contributed by atoms with E-state index in [0.717, 1.165) is 17.0 Å². The number of thioether (sulfide) groups is 1. The first-order valence-electron chi connectivity index (χ1n) is 7.37. The molecule has 0 saturated heterocycles. The van der Waals surface area contributed by atoms with Crippen LogP contribution in [0.1, 0.15) is 12.0 Å². The van der Waals surface area contributed by atoms with Crippen LogP contribution in [0.4, 0.5) is 0 Å². The number of allylic oxidation sites excluding steroid dienone is 4. The molecule has 3 nitrogen and oxygen atoms in total. The van der Waals surface area contributed by atoms with Crippen LogP contribution in [0.25, 0.3) is 0 Å². The van der Waals surface area contributed by atoms with E-state index >= 15 is 0 Å². The summed E-state index contributed by atoms with van der Waals surface area (Å²) >= 11 is 1.27. The van der Waals surface area contributed by atoms with E-state index in [0.29, 0.717) is 16.9 Å². The standard InChI is InChI=1S/C19H15NO2S/c21-16-11-12-17(22)19(23-18-8-4-5-13-20-18)15(16)10-9-14-6-2-1-3-7-14/h1-8,11-13H,9-10H2. The molecule has 3 rings (SSSR count). The summed E-state index contributed by atoms with van der Waals surface area (Å²) in [6.45, 7) is 0. The van der Waals surface area contributed by atoms with Crippen LogP contribution in [-0.4, -0.2) is 16.6 Å². The zero-order chi connectivity index (χ0) is 16.1. The zero-order valence-electron chi connectivity index (χ0n) is 12.4. The van der Waals surface area contributed by atoms with Gasteiger partial charge in [-0.2, -0.15) is 0 Å². The summed E-state index contributed by atoms with van der Waals surface area (Å²) in [7, 11) is 0. The summed E-state index contributed by atoms with van der Waals surface area (Å²) in [4.78, 5) is 29.2. The number of nitrogens with zero attached hydrogens (tertiary/aromatic N) is 1. The first-order chi connectivity index (χ1) is 11.2. The highest BCUT2D eigenvalue weighted by atomic mass is 32.2. The molecule has 0 fully saturated rings. The van der Waals surface area contributed by atoms with Crippen LogP contribution >= 0.6 is 11.8 Å². The molecular weight excluding hydrogens is 306 g/mol. The Kier molecular flexibility index (Phi) is 4.83. The number of pyridine rings is 1. The molecule has 0 atom stereocenters. The summed E-state index contributed by atoms with van der Waals surface area (Å²) < 4.78 is 0. The van der Waals surface area contributed by atoms with Crippen molar-refractivity contribution in [3.8, 4) is 0 Å². The number of aryl methyl sites for hydroxylation is 1. The third kappa shape index (κ3) is 3.85. The molecule has 0 amide bonds. The number of hydrogen-bond donors (Lipinski definition) is 0. The second-order valence-corrected chi connectivity index (χ2v) is 6.16. The number of hydrogen-bond acceptors (Lipinski definition) is 4. The van der Waals surface area contributed by atoms with Gasteiger partial charge >= 0.3 is 0 Å².